The molecule has 6 aromatic carbocycles. The molecule has 0 aromatic heterocycles. The Labute approximate surface area is 412 Å². The Morgan fingerprint density at radius 1 is 0.554 bits per heavy atom. The molecule has 0 aliphatic carbocycles. The summed E-state index contributed by atoms with van der Waals surface area (Å²) >= 11 is 12.2. The summed E-state index contributed by atoms with van der Waals surface area (Å²) in [6.07, 6.45) is 10.8. The molecular weight excluding hydrogens is 930 g/mol. The van der Waals surface area contributed by atoms with Crippen molar-refractivity contribution < 1.29 is 36.7 Å². The van der Waals surface area contributed by atoms with E-state index in [2.05, 4.69) is 75.1 Å². The Morgan fingerprint density at radius 2 is 0.892 bits per heavy atom. The second-order valence-electron chi connectivity index (χ2n) is 15.9. The van der Waals surface area contributed by atoms with Gasteiger partial charge in [0.15, 0.2) is 0 Å². The molecule has 0 atom stereocenters. The summed E-state index contributed by atoms with van der Waals surface area (Å²) < 4.78 is 11.4. The van der Waals surface area contributed by atoms with E-state index in [0.717, 1.165) is 70.8 Å². The van der Waals surface area contributed by atoms with Crippen LogP contribution in [0, 0.1) is 0 Å². The fourth-order valence-corrected chi connectivity index (χ4v) is 7.24. The topological polar surface area (TPSA) is 83.6 Å². The van der Waals surface area contributed by atoms with Gasteiger partial charge < -0.3 is 19.7 Å². The van der Waals surface area contributed by atoms with Crippen LogP contribution < -0.4 is 9.47 Å². The van der Waals surface area contributed by atoms with Crippen molar-refractivity contribution >= 4 is 65.6 Å². The monoisotopic (exact) mass is 984 g/mol. The molecule has 0 radical (unpaired) electrons. The van der Waals surface area contributed by atoms with Crippen LogP contribution in [0.3, 0.4) is 0 Å². The van der Waals surface area contributed by atoms with E-state index in [0.29, 0.717) is 34.4 Å². The normalized spacial score (nSPS) is 11.3. The number of nitrogens with zero attached hydrogens (tertiary/aromatic N) is 2. The number of aliphatic imine (C=N–C) groups is 2. The second-order valence-corrected chi connectivity index (χ2v) is 19.4. The van der Waals surface area contributed by atoms with Gasteiger partial charge in [0.2, 0.25) is 0 Å². The Bertz CT molecular complexity index is 2290. The molecule has 0 heterocycles. The standard InChI is InChI=1S/2C27H28ClNO2.2ClH.Ti/c2*1-4-5-9-16-31-24-14-12-23(13-15-24)29-19-20-17-22(28)18-25(26(20)30)27(2,3)21-10-7-6-8-11-21;;;/h2*4,6-8,10-15,17-19,30H,1,5,9,16H2,2-3H3;2*1H;/q;;;;+2/p-2. The summed E-state index contributed by atoms with van der Waals surface area (Å²) in [5, 5.41) is 23.1. The molecular formula is C54H56Cl4N2O4Ti. The van der Waals surface area contributed by atoms with E-state index in [1.807, 2.05) is 109 Å². The van der Waals surface area contributed by atoms with E-state index in [9.17, 15) is 10.2 Å². The zero-order valence-corrected chi connectivity index (χ0v) is 41.9. The van der Waals surface area contributed by atoms with Crippen molar-refractivity contribution in [1.29, 1.82) is 0 Å². The Kier molecular flexibility index (Phi) is 21.9. The van der Waals surface area contributed by atoms with Crippen LogP contribution in [0.25, 0.3) is 0 Å². The molecule has 338 valence electrons. The Morgan fingerprint density at radius 3 is 1.22 bits per heavy atom. The van der Waals surface area contributed by atoms with Crippen LogP contribution in [0.1, 0.15) is 86.8 Å². The van der Waals surface area contributed by atoms with E-state index < -0.39 is 27.9 Å². The molecule has 2 N–H and O–H groups in total. The van der Waals surface area contributed by atoms with Crippen molar-refractivity contribution in [2.45, 2.75) is 64.2 Å². The average molecular weight is 987 g/mol. The van der Waals surface area contributed by atoms with Gasteiger partial charge in [-0.25, -0.2) is 0 Å². The molecule has 6 aromatic rings. The van der Waals surface area contributed by atoms with Gasteiger partial charge in [-0.15, -0.1) is 13.2 Å². The van der Waals surface area contributed by atoms with Crippen molar-refractivity contribution in [3.63, 3.8) is 0 Å². The fraction of sp³-hybridized carbons (Fsp3) is 0.222. The molecule has 0 spiro atoms. The van der Waals surface area contributed by atoms with E-state index >= 15 is 0 Å². The summed E-state index contributed by atoms with van der Waals surface area (Å²) in [4.78, 5) is 9.03. The van der Waals surface area contributed by atoms with Crippen molar-refractivity contribution in [2.75, 3.05) is 13.2 Å². The minimum atomic E-state index is -0.556. The van der Waals surface area contributed by atoms with Crippen LogP contribution in [0.4, 0.5) is 11.4 Å². The number of hydrogen-bond donors (Lipinski definition) is 2. The first kappa shape index (κ1) is 52.8. The maximum absolute atomic E-state index is 11.0. The molecule has 11 heteroatoms. The van der Waals surface area contributed by atoms with Gasteiger partial charge in [-0.05, 0) is 110 Å². The molecule has 6 nitrogen and oxygen atoms in total. The van der Waals surface area contributed by atoms with Gasteiger partial charge in [0, 0.05) is 55.6 Å². The predicted molar refractivity (Wildman–Crippen MR) is 272 cm³/mol. The van der Waals surface area contributed by atoms with Crippen LogP contribution >= 0.6 is 41.8 Å². The number of ether oxygens (including phenoxy) is 2. The summed E-state index contributed by atoms with van der Waals surface area (Å²) in [6, 6.07) is 42.3. The van der Waals surface area contributed by atoms with E-state index in [-0.39, 0.29) is 11.5 Å². The van der Waals surface area contributed by atoms with Crippen molar-refractivity contribution in [3.05, 3.63) is 202 Å². The number of hydrogen-bond acceptors (Lipinski definition) is 6. The molecule has 0 bridgehead atoms. The minimum absolute atomic E-state index is 0.184. The number of benzene rings is 6. The number of phenols is 2. The maximum atomic E-state index is 11.0. The third-order valence-corrected chi connectivity index (χ3v) is 11.0. The number of rotatable bonds is 18. The van der Waals surface area contributed by atoms with Crippen LogP contribution in [-0.4, -0.2) is 35.9 Å². The van der Waals surface area contributed by atoms with Gasteiger partial charge in [-0.3, -0.25) is 9.98 Å². The van der Waals surface area contributed by atoms with Crippen LogP contribution in [0.2, 0.25) is 10.0 Å². The van der Waals surface area contributed by atoms with E-state index in [1.54, 1.807) is 24.6 Å². The summed E-state index contributed by atoms with van der Waals surface area (Å²) in [6.45, 7) is 17.0. The summed E-state index contributed by atoms with van der Waals surface area (Å²) in [5.41, 5.74) is 5.58. The van der Waals surface area contributed by atoms with Gasteiger partial charge in [0.1, 0.15) is 23.0 Å². The number of halogens is 4. The Hall–Kier alpha value is -4.79. The molecule has 0 saturated carbocycles. The Balaban J connectivity index is 0.000000268. The second kappa shape index (κ2) is 27.0. The zero-order chi connectivity index (χ0) is 47.2. The first-order valence-corrected chi connectivity index (χ1v) is 26.2. The third-order valence-electron chi connectivity index (χ3n) is 10.6. The first-order chi connectivity index (χ1) is 31.2. The molecule has 0 fully saturated rings. The zero-order valence-electron chi connectivity index (χ0n) is 37.3. The molecule has 0 aliphatic rings. The summed E-state index contributed by atoms with van der Waals surface area (Å²) in [5.74, 6) is 1.98. The molecule has 0 unspecified atom stereocenters. The van der Waals surface area contributed by atoms with Crippen LogP contribution in [-0.2, 0) is 27.9 Å². The van der Waals surface area contributed by atoms with Crippen molar-refractivity contribution in [2.24, 2.45) is 9.98 Å². The van der Waals surface area contributed by atoms with E-state index in [1.165, 1.54) is 0 Å². The SMILES string of the molecule is C=CCCCOc1ccc(N=Cc2cc(Cl)cc(C(C)(C)c3ccccc3)c2O)cc1.C=CCCCOc1ccc(N=Cc2cc(Cl)cc(C(C)(C)c3ccccc3)c2O)cc1.[Cl][Ti][Cl]. The molecule has 0 aliphatic heterocycles. The van der Waals surface area contributed by atoms with Gasteiger partial charge in [-0.1, -0.05) is 124 Å². The average Bonchev–Trinajstić information content (AvgIpc) is 3.31. The van der Waals surface area contributed by atoms with Crippen LogP contribution in [0.5, 0.6) is 23.0 Å². The van der Waals surface area contributed by atoms with Gasteiger partial charge >= 0.3 is 35.6 Å². The molecule has 0 saturated heterocycles. The van der Waals surface area contributed by atoms with E-state index in [4.69, 9.17) is 51.3 Å². The molecule has 0 amide bonds. The van der Waals surface area contributed by atoms with Crippen molar-refractivity contribution in [1.82, 2.24) is 0 Å². The number of phenolic OH excluding ortho intramolecular Hbond substituents is 2. The quantitative estimate of drug-likeness (QED) is 0.0389. The fourth-order valence-electron chi connectivity index (χ4n) is 6.79. The van der Waals surface area contributed by atoms with Gasteiger partial charge in [0.25, 0.3) is 0 Å². The molecule has 65 heavy (non-hydrogen) atoms. The first-order valence-electron chi connectivity index (χ1n) is 21.1. The number of aromatic hydroxyl groups is 2. The number of unbranched alkanes of at least 4 members (excludes halogenated alkanes) is 2. The van der Waals surface area contributed by atoms with Gasteiger partial charge in [0.05, 0.1) is 24.6 Å². The van der Waals surface area contributed by atoms with Crippen molar-refractivity contribution in [3.8, 4) is 23.0 Å². The predicted octanol–water partition coefficient (Wildman–Crippen LogP) is 16.3. The summed E-state index contributed by atoms with van der Waals surface area (Å²) in [7, 11) is 9.78. The van der Waals surface area contributed by atoms with Gasteiger partial charge in [-0.2, -0.15) is 0 Å². The third kappa shape index (κ3) is 16.3. The van der Waals surface area contributed by atoms with Crippen LogP contribution in [0.15, 0.2) is 169 Å². The molecule has 6 rings (SSSR count). The number of allylic oxidation sites excluding steroid dienone is 2.